The molecule has 1 aliphatic carbocycles. The third kappa shape index (κ3) is 3.80. The summed E-state index contributed by atoms with van der Waals surface area (Å²) in [5, 5.41) is 13.9. The Bertz CT molecular complexity index is 533. The summed E-state index contributed by atoms with van der Waals surface area (Å²) in [5.41, 5.74) is -0.0132. The third-order valence-electron chi connectivity index (χ3n) is 3.78. The van der Waals surface area contributed by atoms with Crippen LogP contribution in [0.15, 0.2) is 6.20 Å². The normalized spacial score (nSPS) is 24.4. The average Bonchev–Trinajstić information content (AvgIpc) is 2.35. The molecule has 21 heavy (non-hydrogen) atoms. The average molecular weight is 294 g/mol. The van der Waals surface area contributed by atoms with Crippen molar-refractivity contribution < 1.29 is 9.66 Å². The molecule has 1 heterocycles. The fraction of sp³-hybridized carbons (Fsp3) is 0.714. The fourth-order valence-corrected chi connectivity index (χ4v) is 3.20. The van der Waals surface area contributed by atoms with Crippen LogP contribution in [0.3, 0.4) is 0 Å². The highest BCUT2D eigenvalue weighted by Crippen LogP contribution is 2.40. The van der Waals surface area contributed by atoms with E-state index in [-0.39, 0.29) is 23.1 Å². The maximum atomic E-state index is 11.1. The summed E-state index contributed by atoms with van der Waals surface area (Å²) in [4.78, 5) is 18.5. The van der Waals surface area contributed by atoms with E-state index in [2.05, 4.69) is 36.1 Å². The van der Waals surface area contributed by atoms with E-state index < -0.39 is 4.92 Å². The zero-order valence-electron chi connectivity index (χ0n) is 12.9. The number of hydrogen-bond acceptors (Lipinski definition) is 6. The highest BCUT2D eigenvalue weighted by atomic mass is 16.6. The van der Waals surface area contributed by atoms with Crippen LogP contribution in [0.1, 0.15) is 40.0 Å². The van der Waals surface area contributed by atoms with Crippen molar-refractivity contribution in [3.63, 3.8) is 0 Å². The maximum absolute atomic E-state index is 11.1. The molecule has 2 unspecified atom stereocenters. The summed E-state index contributed by atoms with van der Waals surface area (Å²) in [7, 11) is 1.66. The minimum Gasteiger partial charge on any atom is -0.469 e. The van der Waals surface area contributed by atoms with Crippen LogP contribution in [-0.4, -0.2) is 28.0 Å². The second-order valence-electron chi connectivity index (χ2n) is 6.54. The number of nitrogens with one attached hydrogen (secondary N) is 1. The Labute approximate surface area is 124 Å². The van der Waals surface area contributed by atoms with E-state index in [1.54, 1.807) is 7.05 Å². The Morgan fingerprint density at radius 3 is 2.76 bits per heavy atom. The first-order valence-electron chi connectivity index (χ1n) is 7.16. The first-order chi connectivity index (χ1) is 9.80. The van der Waals surface area contributed by atoms with Gasteiger partial charge in [-0.1, -0.05) is 20.8 Å². The van der Waals surface area contributed by atoms with Gasteiger partial charge in [0.1, 0.15) is 12.3 Å². The summed E-state index contributed by atoms with van der Waals surface area (Å²) >= 11 is 0. The van der Waals surface area contributed by atoms with Gasteiger partial charge in [0.15, 0.2) is 0 Å². The topological polar surface area (TPSA) is 90.2 Å². The Kier molecular flexibility index (Phi) is 4.29. The van der Waals surface area contributed by atoms with Gasteiger partial charge in [0.2, 0.25) is 5.95 Å². The molecule has 2 rings (SSSR count). The lowest BCUT2D eigenvalue weighted by Gasteiger charge is -2.38. The predicted molar refractivity (Wildman–Crippen MR) is 79.4 cm³/mol. The maximum Gasteiger partial charge on any atom is 0.349 e. The molecule has 7 heteroatoms. The van der Waals surface area contributed by atoms with Crippen molar-refractivity contribution in [1.82, 2.24) is 9.97 Å². The minimum atomic E-state index is -0.508. The van der Waals surface area contributed by atoms with Crippen LogP contribution in [0, 0.1) is 21.4 Å². The highest BCUT2D eigenvalue weighted by molar-refractivity contribution is 5.43. The molecule has 7 nitrogen and oxygen atoms in total. The molecule has 0 amide bonds. The molecule has 1 N–H and O–H groups in total. The van der Waals surface area contributed by atoms with Crippen molar-refractivity contribution in [3.05, 3.63) is 16.3 Å². The fourth-order valence-electron chi connectivity index (χ4n) is 3.20. The number of aromatic nitrogens is 2. The van der Waals surface area contributed by atoms with Gasteiger partial charge in [0, 0.05) is 7.05 Å². The number of anilines is 1. The second kappa shape index (κ2) is 5.83. The monoisotopic (exact) mass is 294 g/mol. The van der Waals surface area contributed by atoms with Crippen molar-refractivity contribution in [2.24, 2.45) is 11.3 Å². The molecule has 0 radical (unpaired) electrons. The number of rotatable bonds is 4. The smallest absolute Gasteiger partial charge is 0.349 e. The van der Waals surface area contributed by atoms with Gasteiger partial charge in [-0.25, -0.2) is 4.98 Å². The van der Waals surface area contributed by atoms with Gasteiger partial charge in [-0.05, 0) is 30.6 Å². The van der Waals surface area contributed by atoms with Gasteiger partial charge in [0.05, 0.1) is 4.92 Å². The lowest BCUT2D eigenvalue weighted by Crippen LogP contribution is -2.34. The Hall–Kier alpha value is -1.92. The van der Waals surface area contributed by atoms with Crippen molar-refractivity contribution in [3.8, 4) is 5.88 Å². The van der Waals surface area contributed by atoms with Crippen molar-refractivity contribution >= 4 is 11.6 Å². The first-order valence-corrected chi connectivity index (χ1v) is 7.16. The minimum absolute atomic E-state index is 0.0502. The Morgan fingerprint density at radius 2 is 2.19 bits per heavy atom. The van der Waals surface area contributed by atoms with Gasteiger partial charge < -0.3 is 10.1 Å². The summed E-state index contributed by atoms with van der Waals surface area (Å²) in [6, 6.07) is 0. The van der Waals surface area contributed by atoms with E-state index in [0.29, 0.717) is 11.9 Å². The van der Waals surface area contributed by atoms with Gasteiger partial charge in [-0.3, -0.25) is 10.1 Å². The van der Waals surface area contributed by atoms with E-state index >= 15 is 0 Å². The van der Waals surface area contributed by atoms with Crippen LogP contribution >= 0.6 is 0 Å². The number of nitro groups is 1. The van der Waals surface area contributed by atoms with E-state index in [0.717, 1.165) is 19.3 Å². The Balaban J connectivity index is 2.23. The molecule has 116 valence electrons. The van der Waals surface area contributed by atoms with Crippen molar-refractivity contribution in [2.75, 3.05) is 12.4 Å². The molecule has 0 spiro atoms. The molecule has 0 aliphatic heterocycles. The van der Waals surface area contributed by atoms with E-state index in [4.69, 9.17) is 4.74 Å². The van der Waals surface area contributed by atoms with Crippen LogP contribution in [0.5, 0.6) is 5.88 Å². The van der Waals surface area contributed by atoms with Crippen LogP contribution in [0.2, 0.25) is 0 Å². The summed E-state index contributed by atoms with van der Waals surface area (Å²) in [6.07, 6.45) is 4.03. The molecular weight excluding hydrogens is 272 g/mol. The summed E-state index contributed by atoms with van der Waals surface area (Å²) in [5.74, 6) is 0.899. The highest BCUT2D eigenvalue weighted by Gasteiger charge is 2.34. The summed E-state index contributed by atoms with van der Waals surface area (Å²) in [6.45, 7) is 6.59. The van der Waals surface area contributed by atoms with Crippen LogP contribution in [0.4, 0.5) is 11.6 Å². The largest absolute Gasteiger partial charge is 0.469 e. The van der Waals surface area contributed by atoms with Gasteiger partial charge in [-0.15, -0.1) is 0 Å². The molecule has 1 aromatic rings. The van der Waals surface area contributed by atoms with E-state index in [9.17, 15) is 10.1 Å². The SMILES string of the molecule is CNc1ncc([N+](=O)[O-])c(OC2CC(C)CC(C)(C)C2)n1. The van der Waals surface area contributed by atoms with E-state index in [1.165, 1.54) is 6.20 Å². The zero-order valence-corrected chi connectivity index (χ0v) is 12.9. The van der Waals surface area contributed by atoms with Gasteiger partial charge in [0.25, 0.3) is 5.88 Å². The van der Waals surface area contributed by atoms with Gasteiger partial charge in [-0.2, -0.15) is 4.98 Å². The van der Waals surface area contributed by atoms with Crippen LogP contribution < -0.4 is 10.1 Å². The molecule has 1 fully saturated rings. The number of hydrogen-bond donors (Lipinski definition) is 1. The molecule has 0 saturated heterocycles. The molecule has 1 aliphatic rings. The van der Waals surface area contributed by atoms with Gasteiger partial charge >= 0.3 is 5.69 Å². The molecule has 2 atom stereocenters. The molecule has 0 aromatic carbocycles. The van der Waals surface area contributed by atoms with Crippen molar-refractivity contribution in [1.29, 1.82) is 0 Å². The predicted octanol–water partition coefficient (Wildman–Crippen LogP) is 3.02. The lowest BCUT2D eigenvalue weighted by atomic mass is 9.71. The number of nitrogens with zero attached hydrogens (tertiary/aromatic N) is 3. The molecular formula is C14H22N4O3. The quantitative estimate of drug-likeness (QED) is 0.678. The van der Waals surface area contributed by atoms with Crippen LogP contribution in [-0.2, 0) is 0 Å². The molecule has 1 aromatic heterocycles. The second-order valence-corrected chi connectivity index (χ2v) is 6.54. The third-order valence-corrected chi connectivity index (χ3v) is 3.78. The van der Waals surface area contributed by atoms with E-state index in [1.807, 2.05) is 0 Å². The lowest BCUT2D eigenvalue weighted by molar-refractivity contribution is -0.386. The first kappa shape index (κ1) is 15.5. The van der Waals surface area contributed by atoms with Crippen LogP contribution in [0.25, 0.3) is 0 Å². The molecule has 0 bridgehead atoms. The van der Waals surface area contributed by atoms with Crippen molar-refractivity contribution in [2.45, 2.75) is 46.1 Å². The number of ether oxygens (including phenoxy) is 1. The standard InChI is InChI=1S/C14H22N4O3/c1-9-5-10(7-14(2,3)6-9)21-12-11(18(19)20)8-16-13(15-4)17-12/h8-10H,5-7H2,1-4H3,(H,15,16,17). The Morgan fingerprint density at radius 1 is 1.48 bits per heavy atom. The molecule has 1 saturated carbocycles. The summed E-state index contributed by atoms with van der Waals surface area (Å²) < 4.78 is 5.86. The zero-order chi connectivity index (χ0) is 15.6.